The highest BCUT2D eigenvalue weighted by molar-refractivity contribution is 9.10. The summed E-state index contributed by atoms with van der Waals surface area (Å²) in [5.41, 5.74) is 9.69. The number of likely N-dealkylation sites (tertiary alicyclic amines) is 3. The molecule has 3 fully saturated rings. The van der Waals surface area contributed by atoms with Crippen LogP contribution in [0.5, 0.6) is 0 Å². The van der Waals surface area contributed by atoms with Crippen molar-refractivity contribution < 1.29 is 54.0 Å². The monoisotopic (exact) mass is 1470 g/mol. The normalized spacial score (nSPS) is 19.9. The molecule has 2 amide bonds. The number of anilines is 3. The van der Waals surface area contributed by atoms with Gasteiger partial charge in [-0.05, 0) is 141 Å². The molecule has 0 saturated carbocycles. The van der Waals surface area contributed by atoms with E-state index in [-0.39, 0.29) is 35.9 Å². The SMILES string of the molecule is CC(C)(C)OC(=O)N1CC[C@@H](N2Cc3ccc(-c4ccccc4)cc3NS2(=O)=O)C1.CN1c2cc(-c3ccccc3)ccc2CN([C@@H]2CCN(C#N)C2)S1(=O)=O.CN1c2cc(-c3ccccc3)ccc2CN([C@@H]2CCN(C(=O)OC(C)(C)C)C2)S1(=O)=O.O=Cc1ccc(Br)cc1[N+](=O)[O-]. The van der Waals surface area contributed by atoms with Gasteiger partial charge in [0, 0.05) is 102 Å². The summed E-state index contributed by atoms with van der Waals surface area (Å²) in [5, 5.41) is 19.4. The summed E-state index contributed by atoms with van der Waals surface area (Å²) in [6.07, 6.45) is 3.62. The van der Waals surface area contributed by atoms with Crippen molar-refractivity contribution in [3.63, 3.8) is 0 Å². The van der Waals surface area contributed by atoms with Crippen molar-refractivity contribution in [3.05, 3.63) is 201 Å². The second-order valence-electron chi connectivity index (χ2n) is 26.7. The number of carbonyl (C=O) groups excluding carboxylic acids is 3. The Kier molecular flexibility index (Phi) is 22.0. The third-order valence-electron chi connectivity index (χ3n) is 17.6. The van der Waals surface area contributed by atoms with E-state index in [4.69, 9.17) is 14.7 Å². The van der Waals surface area contributed by atoms with E-state index in [9.17, 15) is 49.8 Å². The number of amides is 2. The molecule has 7 aromatic carbocycles. The molecular formula is C71H80BrN11O13S3. The Morgan fingerprint density at radius 2 is 0.960 bits per heavy atom. The van der Waals surface area contributed by atoms with Crippen LogP contribution in [-0.4, -0.2) is 159 Å². The summed E-state index contributed by atoms with van der Waals surface area (Å²) in [5.74, 6) is 0. The molecule has 28 heteroatoms. The average Bonchev–Trinajstić information content (AvgIpc) is 1.64. The topological polar surface area (TPSA) is 277 Å². The van der Waals surface area contributed by atoms with Gasteiger partial charge in [0.1, 0.15) is 11.2 Å². The molecule has 0 spiro atoms. The fourth-order valence-corrected chi connectivity index (χ4v) is 17.5. The minimum atomic E-state index is -3.70. The van der Waals surface area contributed by atoms with Crippen molar-refractivity contribution in [3.8, 4) is 39.6 Å². The summed E-state index contributed by atoms with van der Waals surface area (Å²) in [6, 6.07) is 51.0. The van der Waals surface area contributed by atoms with E-state index >= 15 is 0 Å². The van der Waals surface area contributed by atoms with E-state index in [0.717, 1.165) is 55.8 Å². The molecule has 99 heavy (non-hydrogen) atoms. The first kappa shape index (κ1) is 72.8. The number of nitriles is 1. The van der Waals surface area contributed by atoms with Gasteiger partial charge in [-0.15, -0.1) is 0 Å². The number of hydrogen-bond acceptors (Lipinski definition) is 15. The zero-order valence-corrected chi connectivity index (χ0v) is 60.3. The first-order valence-corrected chi connectivity index (χ1v) is 37.2. The van der Waals surface area contributed by atoms with E-state index in [1.54, 1.807) is 34.9 Å². The number of fused-ring (bicyclic) bond motifs is 3. The highest BCUT2D eigenvalue weighted by atomic mass is 79.9. The minimum absolute atomic E-state index is 0.0863. The van der Waals surface area contributed by atoms with Crippen LogP contribution in [0, 0.1) is 21.6 Å². The lowest BCUT2D eigenvalue weighted by atomic mass is 10.0. The van der Waals surface area contributed by atoms with Crippen LogP contribution < -0.4 is 13.3 Å². The molecule has 3 atom stereocenters. The molecule has 13 rings (SSSR count). The molecule has 0 aromatic heterocycles. The van der Waals surface area contributed by atoms with Crippen molar-refractivity contribution in [1.29, 1.82) is 5.26 Å². The molecule has 0 aliphatic carbocycles. The molecule has 522 valence electrons. The predicted octanol–water partition coefficient (Wildman–Crippen LogP) is 12.3. The van der Waals surface area contributed by atoms with Crippen LogP contribution in [-0.2, 0) is 59.7 Å². The Labute approximate surface area is 587 Å². The maximum absolute atomic E-state index is 13.3. The number of nitrogens with one attached hydrogen (secondary N) is 1. The van der Waals surface area contributed by atoms with E-state index in [1.807, 2.05) is 187 Å². The lowest BCUT2D eigenvalue weighted by Gasteiger charge is -2.38. The number of aldehydes is 1. The summed E-state index contributed by atoms with van der Waals surface area (Å²) < 4.78 is 100. The van der Waals surface area contributed by atoms with Gasteiger partial charge in [0.2, 0.25) is 0 Å². The highest BCUT2D eigenvalue weighted by Crippen LogP contribution is 2.40. The number of nitrogens with zero attached hydrogens (tertiary/aromatic N) is 10. The Bertz CT molecular complexity index is 4540. The molecule has 24 nitrogen and oxygen atoms in total. The summed E-state index contributed by atoms with van der Waals surface area (Å²) in [4.78, 5) is 49.6. The largest absolute Gasteiger partial charge is 0.444 e. The molecule has 0 bridgehead atoms. The van der Waals surface area contributed by atoms with Gasteiger partial charge in [-0.25, -0.2) is 9.59 Å². The van der Waals surface area contributed by atoms with Gasteiger partial charge in [-0.3, -0.25) is 28.2 Å². The second kappa shape index (κ2) is 29.9. The van der Waals surface area contributed by atoms with Gasteiger partial charge in [0.15, 0.2) is 12.5 Å². The summed E-state index contributed by atoms with van der Waals surface area (Å²) in [7, 11) is -7.80. The number of ether oxygens (including phenoxy) is 2. The number of benzene rings is 7. The molecule has 6 aliphatic heterocycles. The van der Waals surface area contributed by atoms with Gasteiger partial charge < -0.3 is 24.2 Å². The molecule has 6 aliphatic rings. The highest BCUT2D eigenvalue weighted by Gasteiger charge is 2.45. The first-order valence-electron chi connectivity index (χ1n) is 32.2. The zero-order chi connectivity index (χ0) is 71.4. The van der Waals surface area contributed by atoms with Crippen molar-refractivity contribution in [2.24, 2.45) is 0 Å². The fourth-order valence-electron chi connectivity index (χ4n) is 12.5. The number of hydrogen-bond donors (Lipinski definition) is 1. The van der Waals surface area contributed by atoms with Gasteiger partial charge >= 0.3 is 42.8 Å². The van der Waals surface area contributed by atoms with Crippen LogP contribution in [0.2, 0.25) is 0 Å². The Balaban J connectivity index is 0.000000149. The van der Waals surface area contributed by atoms with Crippen molar-refractivity contribution in [2.75, 3.05) is 66.7 Å². The molecular weight excluding hydrogens is 1390 g/mol. The molecule has 7 aromatic rings. The maximum Gasteiger partial charge on any atom is 0.410 e. The molecule has 0 radical (unpaired) electrons. The number of rotatable bonds is 8. The predicted molar refractivity (Wildman–Crippen MR) is 384 cm³/mol. The van der Waals surface area contributed by atoms with E-state index in [1.165, 1.54) is 33.7 Å². The maximum atomic E-state index is 13.3. The number of nitro groups is 1. The van der Waals surface area contributed by atoms with Gasteiger partial charge in [-0.2, -0.15) is 43.4 Å². The Hall–Kier alpha value is -8.95. The standard InChI is InChI=1S/C23H29N3O4S.C22H27N3O4S.C19H20N4O2S.C7H4BrNO3/c1-23(2,3)30-22(27)25-13-12-20(16-25)26-15-19-11-10-18(17-8-6-5-7-9-17)14-21(19)24(4)31(26,28)29;1-22(2,3)29-21(26)24-12-11-19(15-24)25-14-18-10-9-17(16-7-5-4-6-8-16)13-20(18)23-30(25,27)28;1-21-19-11-16(15-5-3-2-4-6-15)7-8-17(19)12-23(26(21,24)25)18-9-10-22(13-18)14-20;8-6-2-1-5(4-10)7(3-6)9(11)12/h5-11,14,20H,12-13,15-16H2,1-4H3;4-10,13,19,23H,11-12,14-15H2,1-3H3;2-8,11,18H,9-10,12-13H2,1H3;1-4H/t20-;19-;18-;/m111./s1. The van der Waals surface area contributed by atoms with Gasteiger partial charge in [-0.1, -0.05) is 143 Å². The van der Waals surface area contributed by atoms with Crippen LogP contribution in [0.3, 0.4) is 0 Å². The second-order valence-corrected chi connectivity index (χ2v) is 33.0. The Morgan fingerprint density at radius 1 is 0.556 bits per heavy atom. The summed E-state index contributed by atoms with van der Waals surface area (Å²) >= 11 is 3.07. The molecule has 0 unspecified atom stereocenters. The molecule has 3 saturated heterocycles. The van der Waals surface area contributed by atoms with Crippen LogP contribution in [0.4, 0.5) is 32.3 Å². The van der Waals surface area contributed by atoms with Gasteiger partial charge in [0.25, 0.3) is 5.69 Å². The van der Waals surface area contributed by atoms with E-state index < -0.39 is 58.9 Å². The molecule has 1 N–H and O–H groups in total. The average molecular weight is 1470 g/mol. The number of carbonyl (C=O) groups is 3. The Morgan fingerprint density at radius 3 is 1.37 bits per heavy atom. The zero-order valence-electron chi connectivity index (χ0n) is 56.3. The number of nitro benzene ring substituents is 1. The smallest absolute Gasteiger partial charge is 0.410 e. The lowest BCUT2D eigenvalue weighted by Crippen LogP contribution is -2.51. The van der Waals surface area contributed by atoms with E-state index in [0.29, 0.717) is 93.8 Å². The van der Waals surface area contributed by atoms with Gasteiger partial charge in [0.05, 0.1) is 27.5 Å². The van der Waals surface area contributed by atoms with Crippen molar-refractivity contribution in [1.82, 2.24) is 27.6 Å². The summed E-state index contributed by atoms with van der Waals surface area (Å²) in [6.45, 7) is 14.5. The molecule has 6 heterocycles. The lowest BCUT2D eigenvalue weighted by molar-refractivity contribution is -0.385. The third-order valence-corrected chi connectivity index (χ3v) is 23.4. The van der Waals surface area contributed by atoms with Crippen molar-refractivity contribution >= 4 is 87.8 Å². The number of halogens is 1. The third kappa shape index (κ3) is 17.0. The van der Waals surface area contributed by atoms with Crippen LogP contribution in [0.25, 0.3) is 33.4 Å². The van der Waals surface area contributed by atoms with Crippen LogP contribution in [0.15, 0.2) is 168 Å². The van der Waals surface area contributed by atoms with E-state index in [2.05, 4.69) is 26.8 Å². The quantitative estimate of drug-likeness (QED) is 0.0641. The minimum Gasteiger partial charge on any atom is -0.444 e. The first-order chi connectivity index (χ1) is 46.8. The fraction of sp³-hybridized carbons (Fsp3) is 0.352. The van der Waals surface area contributed by atoms with Crippen LogP contribution >= 0.6 is 15.9 Å². The van der Waals surface area contributed by atoms with Crippen LogP contribution in [0.1, 0.15) is 87.9 Å². The van der Waals surface area contributed by atoms with Crippen molar-refractivity contribution in [2.45, 2.75) is 110 Å².